The summed E-state index contributed by atoms with van der Waals surface area (Å²) in [6, 6.07) is 11.9. The fraction of sp³-hybridized carbons (Fsp3) is 0.345. The highest BCUT2D eigenvalue weighted by Gasteiger charge is 2.13. The smallest absolute Gasteiger partial charge is 0.328 e. The second-order valence-corrected chi connectivity index (χ2v) is 8.75. The number of ether oxygens (including phenoxy) is 1. The lowest BCUT2D eigenvalue weighted by Crippen LogP contribution is -2.33. The molecule has 0 spiro atoms. The average Bonchev–Trinajstić information content (AvgIpc) is 2.84. The van der Waals surface area contributed by atoms with E-state index in [9.17, 15) is 14.4 Å². The van der Waals surface area contributed by atoms with Crippen molar-refractivity contribution < 1.29 is 29.3 Å². The van der Waals surface area contributed by atoms with E-state index in [4.69, 9.17) is 14.9 Å². The van der Waals surface area contributed by atoms with Crippen LogP contribution in [-0.4, -0.2) is 59.1 Å². The molecule has 0 bridgehead atoms. The van der Waals surface area contributed by atoms with Crippen molar-refractivity contribution in [3.05, 3.63) is 82.4 Å². The van der Waals surface area contributed by atoms with Crippen LogP contribution >= 0.6 is 0 Å². The monoisotopic (exact) mass is 493 g/mol. The summed E-state index contributed by atoms with van der Waals surface area (Å²) in [7, 11) is 0. The molecule has 0 aromatic heterocycles. The van der Waals surface area contributed by atoms with Crippen molar-refractivity contribution in [2.24, 2.45) is 0 Å². The van der Waals surface area contributed by atoms with E-state index in [-0.39, 0.29) is 5.78 Å². The summed E-state index contributed by atoms with van der Waals surface area (Å²) >= 11 is 0. The lowest BCUT2D eigenvalue weighted by molar-refractivity contribution is -0.134. The summed E-state index contributed by atoms with van der Waals surface area (Å²) in [4.78, 5) is 34.2. The molecule has 0 aliphatic carbocycles. The molecule has 1 fully saturated rings. The SMILES string of the molecule is Cc1ccccc1/C=C/C(=O)c1cc(C)c(OCCN2CCCCC2)c(C)c1.O=C(O)/C=C/C(=O)O. The first-order chi connectivity index (χ1) is 17.2. The lowest BCUT2D eigenvalue weighted by Gasteiger charge is -2.26. The van der Waals surface area contributed by atoms with Crippen molar-refractivity contribution in [2.75, 3.05) is 26.2 Å². The Morgan fingerprint density at radius 2 is 1.44 bits per heavy atom. The summed E-state index contributed by atoms with van der Waals surface area (Å²) in [5.74, 6) is -1.58. The van der Waals surface area contributed by atoms with Gasteiger partial charge in [0.15, 0.2) is 5.78 Å². The molecule has 0 atom stereocenters. The molecule has 1 aliphatic rings. The van der Waals surface area contributed by atoms with Gasteiger partial charge in [-0.1, -0.05) is 36.8 Å². The van der Waals surface area contributed by atoms with Crippen molar-refractivity contribution >= 4 is 23.8 Å². The first-order valence-corrected chi connectivity index (χ1v) is 12.1. The van der Waals surface area contributed by atoms with E-state index >= 15 is 0 Å². The summed E-state index contributed by atoms with van der Waals surface area (Å²) < 4.78 is 6.08. The molecule has 192 valence electrons. The van der Waals surface area contributed by atoms with Gasteiger partial charge in [-0.05, 0) is 87.2 Å². The van der Waals surface area contributed by atoms with Crippen molar-refractivity contribution in [3.8, 4) is 5.75 Å². The highest BCUT2D eigenvalue weighted by atomic mass is 16.5. The zero-order valence-electron chi connectivity index (χ0n) is 21.2. The van der Waals surface area contributed by atoms with Crippen LogP contribution in [0.5, 0.6) is 5.75 Å². The van der Waals surface area contributed by atoms with Crippen LogP contribution in [0.3, 0.4) is 0 Å². The van der Waals surface area contributed by atoms with Gasteiger partial charge in [0.2, 0.25) is 0 Å². The molecule has 0 unspecified atom stereocenters. The van der Waals surface area contributed by atoms with E-state index in [1.165, 1.54) is 32.4 Å². The Labute approximate surface area is 212 Å². The minimum atomic E-state index is -1.26. The van der Waals surface area contributed by atoms with Crippen LogP contribution in [-0.2, 0) is 9.59 Å². The molecule has 3 rings (SSSR count). The number of rotatable bonds is 9. The van der Waals surface area contributed by atoms with E-state index in [1.54, 1.807) is 6.08 Å². The van der Waals surface area contributed by atoms with Gasteiger partial charge in [0.05, 0.1) is 0 Å². The number of ketones is 1. The van der Waals surface area contributed by atoms with E-state index in [1.807, 2.05) is 50.3 Å². The van der Waals surface area contributed by atoms with Gasteiger partial charge < -0.3 is 14.9 Å². The van der Waals surface area contributed by atoms with Crippen LogP contribution in [0.2, 0.25) is 0 Å². The molecule has 1 aliphatic heterocycles. The van der Waals surface area contributed by atoms with Crippen molar-refractivity contribution in [3.63, 3.8) is 0 Å². The van der Waals surface area contributed by atoms with Crippen LogP contribution in [0.25, 0.3) is 6.08 Å². The number of aliphatic carboxylic acids is 2. The number of hydrogen-bond donors (Lipinski definition) is 2. The van der Waals surface area contributed by atoms with Crippen molar-refractivity contribution in [2.45, 2.75) is 40.0 Å². The molecule has 2 aromatic carbocycles. The Bertz CT molecular complexity index is 1070. The number of nitrogens with zero attached hydrogens (tertiary/aromatic N) is 1. The number of carbonyl (C=O) groups excluding carboxylic acids is 1. The number of likely N-dealkylation sites (tertiary alicyclic amines) is 1. The molecule has 0 radical (unpaired) electrons. The normalized spacial score (nSPS) is 13.9. The third-order valence-corrected chi connectivity index (χ3v) is 5.82. The molecule has 0 saturated carbocycles. The molecular formula is C29H35NO6. The minimum absolute atomic E-state index is 0.0225. The lowest BCUT2D eigenvalue weighted by atomic mass is 10.0. The van der Waals surface area contributed by atoms with Crippen LogP contribution < -0.4 is 4.74 Å². The number of carbonyl (C=O) groups is 3. The predicted octanol–water partition coefficient (Wildman–Crippen LogP) is 5.08. The van der Waals surface area contributed by atoms with Gasteiger partial charge in [0.1, 0.15) is 12.4 Å². The number of piperidine rings is 1. The van der Waals surface area contributed by atoms with Crippen LogP contribution in [0, 0.1) is 20.8 Å². The Balaban J connectivity index is 0.000000493. The molecule has 7 heteroatoms. The summed E-state index contributed by atoms with van der Waals surface area (Å²) in [6.45, 7) is 10.1. The molecule has 1 saturated heterocycles. The zero-order chi connectivity index (χ0) is 26.5. The maximum atomic E-state index is 12.6. The zero-order valence-corrected chi connectivity index (χ0v) is 21.2. The van der Waals surface area contributed by atoms with E-state index in [0.717, 1.165) is 34.5 Å². The fourth-order valence-corrected chi connectivity index (χ4v) is 3.96. The van der Waals surface area contributed by atoms with Gasteiger partial charge in [0.25, 0.3) is 0 Å². The second kappa shape index (κ2) is 14.6. The third kappa shape index (κ3) is 9.88. The molecule has 0 amide bonds. The first-order valence-electron chi connectivity index (χ1n) is 12.1. The predicted molar refractivity (Wildman–Crippen MR) is 141 cm³/mol. The van der Waals surface area contributed by atoms with Crippen molar-refractivity contribution in [1.82, 2.24) is 4.90 Å². The number of benzene rings is 2. The van der Waals surface area contributed by atoms with Gasteiger partial charge in [-0.25, -0.2) is 9.59 Å². The number of allylic oxidation sites excluding steroid dienone is 1. The van der Waals surface area contributed by atoms with Gasteiger partial charge >= 0.3 is 11.9 Å². The van der Waals surface area contributed by atoms with Crippen LogP contribution in [0.15, 0.2) is 54.6 Å². The molecule has 7 nitrogen and oxygen atoms in total. The fourth-order valence-electron chi connectivity index (χ4n) is 3.96. The Hall–Kier alpha value is -3.71. The largest absolute Gasteiger partial charge is 0.492 e. The maximum absolute atomic E-state index is 12.6. The van der Waals surface area contributed by atoms with E-state index in [0.29, 0.717) is 24.3 Å². The quantitative estimate of drug-likeness (QED) is 0.371. The van der Waals surface area contributed by atoms with E-state index < -0.39 is 11.9 Å². The number of carboxylic acid groups (broad SMARTS) is 2. The Kier molecular flexibility index (Phi) is 11.6. The topological polar surface area (TPSA) is 104 Å². The van der Waals surface area contributed by atoms with Gasteiger partial charge in [-0.15, -0.1) is 0 Å². The van der Waals surface area contributed by atoms with Crippen molar-refractivity contribution in [1.29, 1.82) is 0 Å². The standard InChI is InChI=1S/C25H31NO2.C4H4O4/c1-19-9-5-6-10-22(19)11-12-24(27)23-17-20(2)25(21(3)18-23)28-16-15-26-13-7-4-8-14-26;5-3(6)1-2-4(7)8/h5-6,9-12,17-18H,4,7-8,13-16H2,1-3H3;1-2H,(H,5,6)(H,7,8)/b12-11+;2-1+. The van der Waals surface area contributed by atoms with Gasteiger partial charge in [-0.2, -0.15) is 0 Å². The Morgan fingerprint density at radius 1 is 0.861 bits per heavy atom. The van der Waals surface area contributed by atoms with Crippen LogP contribution in [0.4, 0.5) is 0 Å². The first kappa shape index (κ1) is 28.5. The summed E-state index contributed by atoms with van der Waals surface area (Å²) in [5, 5.41) is 15.6. The highest BCUT2D eigenvalue weighted by molar-refractivity contribution is 6.07. The molecular weight excluding hydrogens is 458 g/mol. The summed E-state index contributed by atoms with van der Waals surface area (Å²) in [6.07, 6.45) is 8.61. The van der Waals surface area contributed by atoms with Gasteiger partial charge in [-0.3, -0.25) is 9.69 Å². The number of hydrogen-bond acceptors (Lipinski definition) is 5. The third-order valence-electron chi connectivity index (χ3n) is 5.82. The number of carboxylic acids is 2. The van der Waals surface area contributed by atoms with Crippen LogP contribution in [0.1, 0.15) is 51.9 Å². The Morgan fingerprint density at radius 3 is 2.00 bits per heavy atom. The molecule has 2 aromatic rings. The highest BCUT2D eigenvalue weighted by Crippen LogP contribution is 2.25. The number of aryl methyl sites for hydroxylation is 3. The second-order valence-electron chi connectivity index (χ2n) is 8.75. The minimum Gasteiger partial charge on any atom is -0.492 e. The molecule has 1 heterocycles. The van der Waals surface area contributed by atoms with Gasteiger partial charge in [0, 0.05) is 24.3 Å². The molecule has 36 heavy (non-hydrogen) atoms. The summed E-state index contributed by atoms with van der Waals surface area (Å²) in [5.41, 5.74) is 4.99. The van der Waals surface area contributed by atoms with E-state index in [2.05, 4.69) is 17.9 Å². The molecule has 2 N–H and O–H groups in total. The maximum Gasteiger partial charge on any atom is 0.328 e. The average molecular weight is 494 g/mol.